The van der Waals surface area contributed by atoms with Gasteiger partial charge in [0.25, 0.3) is 0 Å². The van der Waals surface area contributed by atoms with Crippen molar-refractivity contribution in [2.24, 2.45) is 22.6 Å². The van der Waals surface area contributed by atoms with Crippen molar-refractivity contribution in [1.29, 1.82) is 0 Å². The molecule has 1 saturated carbocycles. The van der Waals surface area contributed by atoms with Gasteiger partial charge in [-0.2, -0.15) is 0 Å². The van der Waals surface area contributed by atoms with Gasteiger partial charge in [0.1, 0.15) is 0 Å². The zero-order chi connectivity index (χ0) is 14.9. The van der Waals surface area contributed by atoms with Gasteiger partial charge < -0.3 is 15.8 Å². The van der Waals surface area contributed by atoms with E-state index in [1.807, 2.05) is 0 Å². The molecule has 0 aromatic rings. The van der Waals surface area contributed by atoms with E-state index in [-0.39, 0.29) is 0 Å². The molecule has 0 radical (unpaired) electrons. The van der Waals surface area contributed by atoms with Gasteiger partial charge in [-0.1, -0.05) is 26.2 Å². The highest BCUT2D eigenvalue weighted by Gasteiger charge is 2.20. The van der Waals surface area contributed by atoms with E-state index in [9.17, 15) is 0 Å². The molecule has 1 saturated heterocycles. The first-order valence-electron chi connectivity index (χ1n) is 8.59. The number of nitrogens with two attached hydrogens (primary N) is 1. The van der Waals surface area contributed by atoms with Crippen LogP contribution in [0.2, 0.25) is 0 Å². The first-order chi connectivity index (χ1) is 10.3. The van der Waals surface area contributed by atoms with Gasteiger partial charge in [0.15, 0.2) is 5.96 Å². The first-order valence-corrected chi connectivity index (χ1v) is 8.59. The summed E-state index contributed by atoms with van der Waals surface area (Å²) in [4.78, 5) is 6.98. The fourth-order valence-electron chi connectivity index (χ4n) is 3.28. The maximum absolute atomic E-state index is 5.96. The molecular weight excluding hydrogens is 264 g/mol. The summed E-state index contributed by atoms with van der Waals surface area (Å²) < 4.78 is 5.35. The van der Waals surface area contributed by atoms with Crippen LogP contribution in [0.3, 0.4) is 0 Å². The van der Waals surface area contributed by atoms with Gasteiger partial charge in [0.2, 0.25) is 0 Å². The SMILES string of the molecule is CC1CCCCC1CN=C(N)NCCCN1CCOCC1. The Bertz CT molecular complexity index is 315. The molecule has 2 aliphatic rings. The summed E-state index contributed by atoms with van der Waals surface area (Å²) in [5, 5.41) is 3.25. The van der Waals surface area contributed by atoms with E-state index in [1.54, 1.807) is 0 Å². The van der Waals surface area contributed by atoms with Crippen LogP contribution < -0.4 is 11.1 Å². The fraction of sp³-hybridized carbons (Fsp3) is 0.938. The molecule has 0 bridgehead atoms. The molecule has 1 heterocycles. The maximum atomic E-state index is 5.96. The highest BCUT2D eigenvalue weighted by molar-refractivity contribution is 5.77. The minimum absolute atomic E-state index is 0.620. The lowest BCUT2D eigenvalue weighted by Gasteiger charge is -2.27. The third kappa shape index (κ3) is 6.22. The second kappa shape index (κ2) is 9.26. The Morgan fingerprint density at radius 2 is 2.05 bits per heavy atom. The Labute approximate surface area is 129 Å². The normalized spacial score (nSPS) is 28.5. The van der Waals surface area contributed by atoms with Gasteiger partial charge in [-0.15, -0.1) is 0 Å². The van der Waals surface area contributed by atoms with E-state index in [1.165, 1.54) is 25.7 Å². The molecule has 1 aliphatic carbocycles. The molecule has 5 nitrogen and oxygen atoms in total. The van der Waals surface area contributed by atoms with Crippen molar-refractivity contribution in [3.8, 4) is 0 Å². The van der Waals surface area contributed by atoms with E-state index in [0.29, 0.717) is 5.96 Å². The average molecular weight is 296 g/mol. The third-order valence-corrected chi connectivity index (χ3v) is 4.85. The number of morpholine rings is 1. The van der Waals surface area contributed by atoms with Crippen LogP contribution in [-0.4, -0.2) is 56.8 Å². The summed E-state index contributed by atoms with van der Waals surface area (Å²) in [6.45, 7) is 9.13. The van der Waals surface area contributed by atoms with E-state index >= 15 is 0 Å². The molecule has 2 rings (SSSR count). The van der Waals surface area contributed by atoms with Crippen LogP contribution in [-0.2, 0) is 4.74 Å². The van der Waals surface area contributed by atoms with Crippen LogP contribution in [0.5, 0.6) is 0 Å². The number of hydrogen-bond acceptors (Lipinski definition) is 3. The lowest BCUT2D eigenvalue weighted by molar-refractivity contribution is 0.0376. The first kappa shape index (κ1) is 16.6. The molecular formula is C16H32N4O. The van der Waals surface area contributed by atoms with Crippen molar-refractivity contribution in [1.82, 2.24) is 10.2 Å². The van der Waals surface area contributed by atoms with Crippen molar-refractivity contribution in [3.05, 3.63) is 0 Å². The summed E-state index contributed by atoms with van der Waals surface area (Å²) in [5.74, 6) is 2.15. The number of aliphatic imine (C=N–C) groups is 1. The zero-order valence-electron chi connectivity index (χ0n) is 13.5. The van der Waals surface area contributed by atoms with Gasteiger partial charge in [0, 0.05) is 26.2 Å². The fourth-order valence-corrected chi connectivity index (χ4v) is 3.28. The van der Waals surface area contributed by atoms with Crippen LogP contribution in [0.1, 0.15) is 39.0 Å². The van der Waals surface area contributed by atoms with Crippen LogP contribution in [0.25, 0.3) is 0 Å². The lowest BCUT2D eigenvalue weighted by Crippen LogP contribution is -2.39. The Morgan fingerprint density at radius 3 is 2.81 bits per heavy atom. The third-order valence-electron chi connectivity index (χ3n) is 4.85. The second-order valence-corrected chi connectivity index (χ2v) is 6.48. The number of guanidine groups is 1. The van der Waals surface area contributed by atoms with Gasteiger partial charge in [-0.05, 0) is 31.2 Å². The van der Waals surface area contributed by atoms with E-state index in [0.717, 1.165) is 64.2 Å². The zero-order valence-corrected chi connectivity index (χ0v) is 13.5. The predicted octanol–water partition coefficient (Wildman–Crippen LogP) is 1.44. The number of hydrogen-bond donors (Lipinski definition) is 2. The van der Waals surface area contributed by atoms with Crippen LogP contribution in [0.4, 0.5) is 0 Å². The summed E-state index contributed by atoms with van der Waals surface area (Å²) in [6, 6.07) is 0. The van der Waals surface area contributed by atoms with Crippen LogP contribution in [0.15, 0.2) is 4.99 Å². The van der Waals surface area contributed by atoms with Crippen molar-refractivity contribution in [2.75, 3.05) is 45.9 Å². The molecule has 2 unspecified atom stereocenters. The van der Waals surface area contributed by atoms with Gasteiger partial charge >= 0.3 is 0 Å². The molecule has 5 heteroatoms. The molecule has 0 spiro atoms. The Kier molecular flexibility index (Phi) is 7.30. The Balaban J connectivity index is 1.55. The predicted molar refractivity (Wildman–Crippen MR) is 87.5 cm³/mol. The van der Waals surface area contributed by atoms with Crippen molar-refractivity contribution in [3.63, 3.8) is 0 Å². The molecule has 3 N–H and O–H groups in total. The molecule has 2 atom stereocenters. The molecule has 21 heavy (non-hydrogen) atoms. The smallest absolute Gasteiger partial charge is 0.188 e. The van der Waals surface area contributed by atoms with E-state index in [2.05, 4.69) is 22.1 Å². The van der Waals surface area contributed by atoms with Crippen LogP contribution >= 0.6 is 0 Å². The average Bonchev–Trinajstić information content (AvgIpc) is 2.52. The maximum Gasteiger partial charge on any atom is 0.188 e. The lowest BCUT2D eigenvalue weighted by atomic mass is 9.80. The Hall–Kier alpha value is -0.810. The molecule has 0 aromatic heterocycles. The second-order valence-electron chi connectivity index (χ2n) is 6.48. The summed E-state index contributed by atoms with van der Waals surface area (Å²) in [6.07, 6.45) is 6.52. The molecule has 122 valence electrons. The van der Waals surface area contributed by atoms with Gasteiger partial charge in [-0.25, -0.2) is 0 Å². The van der Waals surface area contributed by atoms with Crippen LogP contribution in [0, 0.1) is 11.8 Å². The highest BCUT2D eigenvalue weighted by atomic mass is 16.5. The Morgan fingerprint density at radius 1 is 1.29 bits per heavy atom. The standard InChI is InChI=1S/C16H32N4O/c1-14-5-2-3-6-15(14)13-19-16(17)18-7-4-8-20-9-11-21-12-10-20/h14-15H,2-13H2,1H3,(H3,17,18,19). The van der Waals surface area contributed by atoms with E-state index < -0.39 is 0 Å². The van der Waals surface area contributed by atoms with E-state index in [4.69, 9.17) is 10.5 Å². The minimum atomic E-state index is 0.620. The van der Waals surface area contributed by atoms with Crippen molar-refractivity contribution >= 4 is 5.96 Å². The summed E-state index contributed by atoms with van der Waals surface area (Å²) >= 11 is 0. The topological polar surface area (TPSA) is 62.9 Å². The number of nitrogens with one attached hydrogen (secondary N) is 1. The number of ether oxygens (including phenoxy) is 1. The molecule has 1 aliphatic heterocycles. The monoisotopic (exact) mass is 296 g/mol. The number of rotatable bonds is 6. The van der Waals surface area contributed by atoms with Crippen molar-refractivity contribution in [2.45, 2.75) is 39.0 Å². The minimum Gasteiger partial charge on any atom is -0.379 e. The molecule has 2 fully saturated rings. The summed E-state index contributed by atoms with van der Waals surface area (Å²) in [7, 11) is 0. The molecule has 0 aromatic carbocycles. The quantitative estimate of drug-likeness (QED) is 0.442. The highest BCUT2D eigenvalue weighted by Crippen LogP contribution is 2.29. The summed E-state index contributed by atoms with van der Waals surface area (Å²) in [5.41, 5.74) is 5.96. The number of nitrogens with zero attached hydrogens (tertiary/aromatic N) is 2. The largest absolute Gasteiger partial charge is 0.379 e. The van der Waals surface area contributed by atoms with Gasteiger partial charge in [-0.3, -0.25) is 9.89 Å². The molecule has 0 amide bonds. The van der Waals surface area contributed by atoms with Crippen molar-refractivity contribution < 1.29 is 4.74 Å². The van der Waals surface area contributed by atoms with Gasteiger partial charge in [0.05, 0.1) is 13.2 Å².